The highest BCUT2D eigenvalue weighted by Crippen LogP contribution is 2.30. The van der Waals surface area contributed by atoms with Crippen LogP contribution in [0.2, 0.25) is 0 Å². The van der Waals surface area contributed by atoms with Crippen LogP contribution in [0.15, 0.2) is 24.3 Å². The van der Waals surface area contributed by atoms with Crippen molar-refractivity contribution in [2.45, 2.75) is 33.1 Å². The summed E-state index contributed by atoms with van der Waals surface area (Å²) >= 11 is 0. The van der Waals surface area contributed by atoms with Gasteiger partial charge in [-0.15, -0.1) is 0 Å². The number of anilines is 1. The molecule has 4 rings (SSSR count). The minimum Gasteiger partial charge on any atom is -0.341 e. The van der Waals surface area contributed by atoms with Crippen molar-refractivity contribution in [3.05, 3.63) is 29.8 Å². The first-order valence-electron chi connectivity index (χ1n) is 11.6. The van der Waals surface area contributed by atoms with Crippen LogP contribution in [0.4, 0.5) is 5.69 Å². The predicted molar refractivity (Wildman–Crippen MR) is 120 cm³/mol. The zero-order chi connectivity index (χ0) is 22.0. The Hall–Kier alpha value is -2.41. The van der Waals surface area contributed by atoms with E-state index < -0.39 is 0 Å². The molecule has 1 aromatic rings. The van der Waals surface area contributed by atoms with Gasteiger partial charge < -0.3 is 15.1 Å². The van der Waals surface area contributed by atoms with Crippen LogP contribution < -0.4 is 5.32 Å². The van der Waals surface area contributed by atoms with Crippen molar-refractivity contribution >= 4 is 23.4 Å². The van der Waals surface area contributed by atoms with Gasteiger partial charge in [0.1, 0.15) is 0 Å². The van der Waals surface area contributed by atoms with Gasteiger partial charge >= 0.3 is 0 Å². The fraction of sp³-hybridized carbons (Fsp3) is 0.625. The van der Waals surface area contributed by atoms with E-state index in [2.05, 4.69) is 24.1 Å². The molecule has 1 aromatic carbocycles. The summed E-state index contributed by atoms with van der Waals surface area (Å²) < 4.78 is 0. The lowest BCUT2D eigenvalue weighted by Gasteiger charge is -2.38. The number of hydrogen-bond donors (Lipinski definition) is 1. The molecular formula is C24H34N4O3. The number of rotatable bonds is 5. The molecule has 7 heteroatoms. The van der Waals surface area contributed by atoms with Gasteiger partial charge in [0, 0.05) is 56.4 Å². The summed E-state index contributed by atoms with van der Waals surface area (Å²) in [7, 11) is 0. The normalized spacial score (nSPS) is 24.7. The number of amides is 3. The SMILES string of the molecule is CC1CC(C)CN(C(=O)CN2CCN(C(=O)c3ccc(NC(=O)C4CC4)cc3)CC2)C1. The molecule has 2 heterocycles. The highest BCUT2D eigenvalue weighted by atomic mass is 16.2. The molecule has 0 radical (unpaired) electrons. The Bertz CT molecular complexity index is 803. The van der Waals surface area contributed by atoms with Crippen molar-refractivity contribution in [3.8, 4) is 0 Å². The van der Waals surface area contributed by atoms with E-state index in [4.69, 9.17) is 0 Å². The maximum Gasteiger partial charge on any atom is 0.253 e. The van der Waals surface area contributed by atoms with Crippen LogP contribution in [-0.4, -0.2) is 78.2 Å². The average Bonchev–Trinajstić information content (AvgIpc) is 3.59. The van der Waals surface area contributed by atoms with E-state index in [-0.39, 0.29) is 23.6 Å². The molecule has 2 unspecified atom stereocenters. The van der Waals surface area contributed by atoms with Crippen LogP contribution in [0.1, 0.15) is 43.5 Å². The van der Waals surface area contributed by atoms with Gasteiger partial charge in [-0.05, 0) is 55.4 Å². The Balaban J connectivity index is 1.24. The van der Waals surface area contributed by atoms with Gasteiger partial charge in [-0.1, -0.05) is 13.8 Å². The van der Waals surface area contributed by atoms with Crippen LogP contribution in [0.5, 0.6) is 0 Å². The molecule has 3 amide bonds. The fourth-order valence-electron chi connectivity index (χ4n) is 4.74. The zero-order valence-corrected chi connectivity index (χ0v) is 18.7. The first-order valence-corrected chi connectivity index (χ1v) is 11.6. The molecule has 0 spiro atoms. The number of piperidine rings is 1. The number of piperazine rings is 1. The number of carbonyl (C=O) groups is 3. The summed E-state index contributed by atoms with van der Waals surface area (Å²) in [5.41, 5.74) is 1.36. The lowest BCUT2D eigenvalue weighted by molar-refractivity contribution is -0.135. The molecule has 3 aliphatic rings. The van der Waals surface area contributed by atoms with E-state index in [1.165, 1.54) is 6.42 Å². The van der Waals surface area contributed by atoms with Crippen LogP contribution in [0.3, 0.4) is 0 Å². The minimum atomic E-state index is 0.00438. The topological polar surface area (TPSA) is 73.0 Å². The van der Waals surface area contributed by atoms with E-state index in [9.17, 15) is 14.4 Å². The van der Waals surface area contributed by atoms with Gasteiger partial charge in [0.15, 0.2) is 0 Å². The van der Waals surface area contributed by atoms with Gasteiger partial charge in [0.2, 0.25) is 11.8 Å². The second-order valence-electron chi connectivity index (χ2n) is 9.65. The number of benzene rings is 1. The molecular weight excluding hydrogens is 392 g/mol. The number of nitrogens with one attached hydrogen (secondary N) is 1. The monoisotopic (exact) mass is 426 g/mol. The second-order valence-corrected chi connectivity index (χ2v) is 9.65. The van der Waals surface area contributed by atoms with E-state index in [1.807, 2.05) is 9.80 Å². The third-order valence-electron chi connectivity index (χ3n) is 6.59. The van der Waals surface area contributed by atoms with Crippen LogP contribution in [-0.2, 0) is 9.59 Å². The van der Waals surface area contributed by atoms with Crippen LogP contribution in [0, 0.1) is 17.8 Å². The van der Waals surface area contributed by atoms with E-state index in [1.54, 1.807) is 24.3 Å². The smallest absolute Gasteiger partial charge is 0.253 e. The first-order chi connectivity index (χ1) is 14.9. The lowest BCUT2D eigenvalue weighted by Crippen LogP contribution is -2.53. The van der Waals surface area contributed by atoms with Gasteiger partial charge in [-0.25, -0.2) is 0 Å². The highest BCUT2D eigenvalue weighted by Gasteiger charge is 2.30. The largest absolute Gasteiger partial charge is 0.341 e. The van der Waals surface area contributed by atoms with Gasteiger partial charge in [0.05, 0.1) is 6.54 Å². The molecule has 0 aromatic heterocycles. The van der Waals surface area contributed by atoms with Crippen LogP contribution in [0.25, 0.3) is 0 Å². The summed E-state index contributed by atoms with van der Waals surface area (Å²) in [5.74, 6) is 1.57. The molecule has 2 aliphatic heterocycles. The number of likely N-dealkylation sites (tertiary alicyclic amines) is 1. The van der Waals surface area contributed by atoms with Crippen molar-refractivity contribution in [1.29, 1.82) is 0 Å². The molecule has 0 bridgehead atoms. The number of nitrogens with zero attached hydrogens (tertiary/aromatic N) is 3. The van der Waals surface area contributed by atoms with E-state index >= 15 is 0 Å². The van der Waals surface area contributed by atoms with Gasteiger partial charge in [-0.3, -0.25) is 19.3 Å². The molecule has 31 heavy (non-hydrogen) atoms. The van der Waals surface area contributed by atoms with Crippen molar-refractivity contribution in [2.75, 3.05) is 51.1 Å². The maximum atomic E-state index is 12.8. The van der Waals surface area contributed by atoms with Gasteiger partial charge in [0.25, 0.3) is 5.91 Å². The molecule has 2 saturated heterocycles. The van der Waals surface area contributed by atoms with Crippen molar-refractivity contribution < 1.29 is 14.4 Å². The third-order valence-corrected chi connectivity index (χ3v) is 6.59. The molecule has 1 N–H and O–H groups in total. The Morgan fingerprint density at radius 1 is 0.903 bits per heavy atom. The molecule has 2 atom stereocenters. The zero-order valence-electron chi connectivity index (χ0n) is 18.7. The Morgan fingerprint density at radius 3 is 2.10 bits per heavy atom. The van der Waals surface area contributed by atoms with E-state index in [0.717, 1.165) is 31.6 Å². The van der Waals surface area contributed by atoms with Crippen molar-refractivity contribution in [3.63, 3.8) is 0 Å². The van der Waals surface area contributed by atoms with E-state index in [0.29, 0.717) is 50.1 Å². The second kappa shape index (κ2) is 9.39. The van der Waals surface area contributed by atoms with Gasteiger partial charge in [-0.2, -0.15) is 0 Å². The Morgan fingerprint density at radius 2 is 1.52 bits per heavy atom. The minimum absolute atomic E-state index is 0.00438. The number of hydrogen-bond acceptors (Lipinski definition) is 4. The summed E-state index contributed by atoms with van der Waals surface area (Å²) in [4.78, 5) is 43.5. The Kier molecular flexibility index (Phi) is 6.60. The Labute approximate surface area is 184 Å². The molecule has 3 fully saturated rings. The summed E-state index contributed by atoms with van der Waals surface area (Å²) in [6, 6.07) is 7.14. The highest BCUT2D eigenvalue weighted by molar-refractivity contribution is 5.96. The molecule has 7 nitrogen and oxygen atoms in total. The predicted octanol–water partition coefficient (Wildman–Crippen LogP) is 2.30. The summed E-state index contributed by atoms with van der Waals surface area (Å²) in [6.45, 7) is 9.27. The summed E-state index contributed by atoms with van der Waals surface area (Å²) in [6.07, 6.45) is 3.13. The maximum absolute atomic E-state index is 12.8. The average molecular weight is 427 g/mol. The first kappa shape index (κ1) is 21.8. The van der Waals surface area contributed by atoms with Crippen molar-refractivity contribution in [1.82, 2.24) is 14.7 Å². The quantitative estimate of drug-likeness (QED) is 0.784. The van der Waals surface area contributed by atoms with Crippen LogP contribution >= 0.6 is 0 Å². The third kappa shape index (κ3) is 5.64. The standard InChI is InChI=1S/C24H34N4O3/c1-17-13-18(2)15-28(14-17)22(29)16-26-9-11-27(12-10-26)24(31)20-5-7-21(8-6-20)25-23(30)19-3-4-19/h5-8,17-19H,3-4,9-16H2,1-2H3,(H,25,30). The molecule has 1 saturated carbocycles. The van der Waals surface area contributed by atoms with Crippen molar-refractivity contribution in [2.24, 2.45) is 17.8 Å². The number of carbonyl (C=O) groups excluding carboxylic acids is 3. The molecule has 1 aliphatic carbocycles. The lowest BCUT2D eigenvalue weighted by atomic mass is 9.92. The molecule has 168 valence electrons. The fourth-order valence-corrected chi connectivity index (χ4v) is 4.74. The summed E-state index contributed by atoms with van der Waals surface area (Å²) in [5, 5.41) is 2.90.